The second-order valence-electron chi connectivity index (χ2n) is 5.76. The largest absolute Gasteiger partial charge is 0.473 e. The number of rotatable bonds is 5. The first-order valence-corrected chi connectivity index (χ1v) is 6.24. The van der Waals surface area contributed by atoms with E-state index in [9.17, 15) is 0 Å². The molecule has 0 saturated heterocycles. The topological polar surface area (TPSA) is 34.1 Å². The molecule has 0 aliphatic rings. The lowest BCUT2D eigenvalue weighted by molar-refractivity contribution is 0.234. The summed E-state index contributed by atoms with van der Waals surface area (Å²) in [5, 5.41) is 3.39. The first-order chi connectivity index (χ1) is 7.88. The number of nitrogens with zero attached hydrogens (tertiary/aromatic N) is 1. The van der Waals surface area contributed by atoms with Crippen LogP contribution in [0.1, 0.15) is 41.0 Å². The minimum Gasteiger partial charge on any atom is -0.473 e. The summed E-state index contributed by atoms with van der Waals surface area (Å²) in [6.07, 6.45) is 3.02. The highest BCUT2D eigenvalue weighted by atomic mass is 16.5. The van der Waals surface area contributed by atoms with Crippen molar-refractivity contribution < 1.29 is 4.74 Å². The van der Waals surface area contributed by atoms with Crippen LogP contribution in [0.5, 0.6) is 5.88 Å². The predicted octanol–water partition coefficient (Wildman–Crippen LogP) is 3.72. The highest BCUT2D eigenvalue weighted by Gasteiger charge is 2.11. The molecule has 1 aromatic rings. The van der Waals surface area contributed by atoms with Gasteiger partial charge in [-0.3, -0.25) is 0 Å². The fraction of sp³-hybridized carbons (Fsp3) is 0.643. The average Bonchev–Trinajstić information content (AvgIpc) is 2.18. The molecule has 0 amide bonds. The Kier molecular flexibility index (Phi) is 4.79. The zero-order chi connectivity index (χ0) is 12.9. The van der Waals surface area contributed by atoms with E-state index in [0.717, 1.165) is 18.7 Å². The Labute approximate surface area is 105 Å². The van der Waals surface area contributed by atoms with Crippen molar-refractivity contribution >= 4 is 5.69 Å². The van der Waals surface area contributed by atoms with Crippen LogP contribution in [0.2, 0.25) is 0 Å². The molecule has 0 aromatic carbocycles. The van der Waals surface area contributed by atoms with Crippen LogP contribution in [0.15, 0.2) is 18.3 Å². The van der Waals surface area contributed by atoms with E-state index in [0.29, 0.717) is 11.3 Å². The molecular formula is C14H24N2O. The highest BCUT2D eigenvalue weighted by molar-refractivity contribution is 5.51. The Bertz CT molecular complexity index is 342. The smallest absolute Gasteiger partial charge is 0.237 e. The summed E-state index contributed by atoms with van der Waals surface area (Å²) in [4.78, 5) is 4.25. The molecule has 1 heterocycles. The predicted molar refractivity (Wildman–Crippen MR) is 72.6 cm³/mol. The van der Waals surface area contributed by atoms with E-state index in [1.54, 1.807) is 6.20 Å². The summed E-state index contributed by atoms with van der Waals surface area (Å²) in [5.41, 5.74) is 1.32. The average molecular weight is 236 g/mol. The number of pyridine rings is 1. The molecule has 0 bridgehead atoms. The van der Waals surface area contributed by atoms with Crippen molar-refractivity contribution in [1.82, 2.24) is 4.98 Å². The Balaban J connectivity index is 2.58. The molecule has 3 heteroatoms. The van der Waals surface area contributed by atoms with Crippen molar-refractivity contribution in [2.24, 2.45) is 5.41 Å². The normalized spacial score (nSPS) is 11.6. The van der Waals surface area contributed by atoms with Gasteiger partial charge in [-0.25, -0.2) is 4.98 Å². The Morgan fingerprint density at radius 2 is 2.06 bits per heavy atom. The van der Waals surface area contributed by atoms with Crippen LogP contribution in [-0.4, -0.2) is 17.6 Å². The lowest BCUT2D eigenvalue weighted by Crippen LogP contribution is -2.14. The van der Waals surface area contributed by atoms with Gasteiger partial charge >= 0.3 is 0 Å². The van der Waals surface area contributed by atoms with Crippen LogP contribution in [0.3, 0.4) is 0 Å². The molecule has 0 fully saturated rings. The van der Waals surface area contributed by atoms with Crippen LogP contribution in [0.4, 0.5) is 5.69 Å². The molecule has 0 unspecified atom stereocenters. The van der Waals surface area contributed by atoms with Gasteiger partial charge in [-0.15, -0.1) is 0 Å². The van der Waals surface area contributed by atoms with E-state index < -0.39 is 0 Å². The van der Waals surface area contributed by atoms with Crippen LogP contribution in [-0.2, 0) is 0 Å². The SMILES string of the molecule is CC(C)Oc1ncccc1NCCC(C)(C)C. The van der Waals surface area contributed by atoms with Gasteiger partial charge in [-0.2, -0.15) is 0 Å². The minimum absolute atomic E-state index is 0.146. The van der Waals surface area contributed by atoms with Crippen LogP contribution >= 0.6 is 0 Å². The van der Waals surface area contributed by atoms with Gasteiger partial charge in [-0.1, -0.05) is 20.8 Å². The van der Waals surface area contributed by atoms with E-state index in [1.165, 1.54) is 0 Å². The summed E-state index contributed by atoms with van der Waals surface area (Å²) in [6, 6.07) is 3.93. The Hall–Kier alpha value is -1.25. The first kappa shape index (κ1) is 13.8. The first-order valence-electron chi connectivity index (χ1n) is 6.24. The standard InChI is InChI=1S/C14H24N2O/c1-11(2)17-13-12(7-6-9-16-13)15-10-8-14(3,4)5/h6-7,9,11,15H,8,10H2,1-5H3. The van der Waals surface area contributed by atoms with E-state index in [-0.39, 0.29) is 6.10 Å². The third-order valence-electron chi connectivity index (χ3n) is 2.31. The van der Waals surface area contributed by atoms with Gasteiger partial charge in [-0.05, 0) is 37.8 Å². The summed E-state index contributed by atoms with van der Waals surface area (Å²) in [7, 11) is 0. The molecule has 0 aliphatic carbocycles. The number of hydrogen-bond donors (Lipinski definition) is 1. The monoisotopic (exact) mass is 236 g/mol. The van der Waals surface area contributed by atoms with E-state index in [1.807, 2.05) is 26.0 Å². The van der Waals surface area contributed by atoms with Crippen LogP contribution in [0, 0.1) is 5.41 Å². The maximum atomic E-state index is 5.65. The van der Waals surface area contributed by atoms with Crippen molar-refractivity contribution in [3.63, 3.8) is 0 Å². The molecule has 1 aromatic heterocycles. The second-order valence-corrected chi connectivity index (χ2v) is 5.76. The lowest BCUT2D eigenvalue weighted by Gasteiger charge is -2.19. The van der Waals surface area contributed by atoms with Crippen molar-refractivity contribution in [2.45, 2.75) is 47.1 Å². The molecule has 3 nitrogen and oxygen atoms in total. The fourth-order valence-electron chi connectivity index (χ4n) is 1.41. The zero-order valence-electron chi connectivity index (χ0n) is 11.6. The summed E-state index contributed by atoms with van der Waals surface area (Å²) in [5.74, 6) is 0.691. The van der Waals surface area contributed by atoms with Gasteiger partial charge in [0.05, 0.1) is 11.8 Å². The third-order valence-corrected chi connectivity index (χ3v) is 2.31. The molecule has 0 aliphatic heterocycles. The molecule has 96 valence electrons. The van der Waals surface area contributed by atoms with Gasteiger partial charge < -0.3 is 10.1 Å². The number of nitrogens with one attached hydrogen (secondary N) is 1. The Morgan fingerprint density at radius 1 is 1.35 bits per heavy atom. The van der Waals surface area contributed by atoms with E-state index in [2.05, 4.69) is 31.1 Å². The molecule has 0 radical (unpaired) electrons. The minimum atomic E-state index is 0.146. The van der Waals surface area contributed by atoms with E-state index >= 15 is 0 Å². The van der Waals surface area contributed by atoms with Crippen molar-refractivity contribution in [2.75, 3.05) is 11.9 Å². The fourth-order valence-corrected chi connectivity index (χ4v) is 1.41. The van der Waals surface area contributed by atoms with Crippen LogP contribution < -0.4 is 10.1 Å². The summed E-state index contributed by atoms with van der Waals surface area (Å²) in [6.45, 7) is 11.7. The second kappa shape index (κ2) is 5.89. The number of hydrogen-bond acceptors (Lipinski definition) is 3. The zero-order valence-corrected chi connectivity index (χ0v) is 11.6. The van der Waals surface area contributed by atoms with Gasteiger partial charge in [0.15, 0.2) is 0 Å². The van der Waals surface area contributed by atoms with Crippen molar-refractivity contribution in [1.29, 1.82) is 0 Å². The number of anilines is 1. The van der Waals surface area contributed by atoms with Gasteiger partial charge in [0.1, 0.15) is 0 Å². The molecule has 0 atom stereocenters. The van der Waals surface area contributed by atoms with Gasteiger partial charge in [0.25, 0.3) is 0 Å². The molecule has 0 spiro atoms. The number of ether oxygens (including phenoxy) is 1. The molecule has 1 rings (SSSR count). The Morgan fingerprint density at radius 3 is 2.65 bits per heavy atom. The van der Waals surface area contributed by atoms with Gasteiger partial charge in [0, 0.05) is 12.7 Å². The quantitative estimate of drug-likeness (QED) is 0.846. The molecular weight excluding hydrogens is 212 g/mol. The van der Waals surface area contributed by atoms with E-state index in [4.69, 9.17) is 4.74 Å². The summed E-state index contributed by atoms with van der Waals surface area (Å²) < 4.78 is 5.65. The van der Waals surface area contributed by atoms with Crippen molar-refractivity contribution in [3.05, 3.63) is 18.3 Å². The van der Waals surface area contributed by atoms with Crippen molar-refractivity contribution in [3.8, 4) is 5.88 Å². The summed E-state index contributed by atoms with van der Waals surface area (Å²) >= 11 is 0. The maximum absolute atomic E-state index is 5.65. The number of aromatic nitrogens is 1. The molecule has 0 saturated carbocycles. The lowest BCUT2D eigenvalue weighted by atomic mass is 9.92. The highest BCUT2D eigenvalue weighted by Crippen LogP contribution is 2.23. The molecule has 17 heavy (non-hydrogen) atoms. The van der Waals surface area contributed by atoms with Crippen LogP contribution in [0.25, 0.3) is 0 Å². The third kappa shape index (κ3) is 5.57. The molecule has 1 N–H and O–H groups in total. The maximum Gasteiger partial charge on any atom is 0.237 e. The van der Waals surface area contributed by atoms with Gasteiger partial charge in [0.2, 0.25) is 5.88 Å².